The molecule has 2 aromatic heterocycles. The summed E-state index contributed by atoms with van der Waals surface area (Å²) in [5.74, 6) is 0.784. The molecule has 1 saturated heterocycles. The number of ether oxygens (including phenoxy) is 1. The van der Waals surface area contributed by atoms with Crippen LogP contribution >= 0.6 is 0 Å². The third kappa shape index (κ3) is 6.81. The molecule has 1 amide bonds. The van der Waals surface area contributed by atoms with E-state index in [0.717, 1.165) is 23.3 Å². The third-order valence-corrected chi connectivity index (χ3v) is 8.37. The summed E-state index contributed by atoms with van der Waals surface area (Å²) in [5.41, 5.74) is 8.01. The molecule has 1 fully saturated rings. The first-order chi connectivity index (χ1) is 19.0. The second-order valence-corrected chi connectivity index (χ2v) is 14.4. The van der Waals surface area contributed by atoms with Crippen LogP contribution in [0.15, 0.2) is 53.6 Å². The van der Waals surface area contributed by atoms with Gasteiger partial charge < -0.3 is 15.4 Å². The quantitative estimate of drug-likeness (QED) is 0.373. The number of sulfonamides is 1. The molecule has 0 aliphatic carbocycles. The minimum atomic E-state index is -4.26. The number of nitrogens with one attached hydrogen (secondary N) is 1. The van der Waals surface area contributed by atoms with E-state index in [4.69, 9.17) is 15.5 Å². The Hall–Kier alpha value is -3.66. The van der Waals surface area contributed by atoms with Crippen molar-refractivity contribution in [3.05, 3.63) is 59.7 Å². The lowest BCUT2D eigenvalue weighted by Gasteiger charge is -2.34. The molecule has 3 heterocycles. The highest BCUT2D eigenvalue weighted by Gasteiger charge is 2.39. The SMILES string of the molecule is CC(C)Oc1cc(-c2ccc(C(=O)NS(=O)(=O)c3cccc(N)n3)c(N3C[C@@H](C)CC3(C)C)n2)cc(C(C)(C)C)c1. The molecular weight excluding hydrogens is 538 g/mol. The summed E-state index contributed by atoms with van der Waals surface area (Å²) in [4.78, 5) is 24.5. The molecule has 41 heavy (non-hydrogen) atoms. The van der Waals surface area contributed by atoms with Gasteiger partial charge in [-0.1, -0.05) is 33.8 Å². The lowest BCUT2D eigenvalue weighted by Crippen LogP contribution is -2.41. The molecule has 220 valence electrons. The van der Waals surface area contributed by atoms with E-state index < -0.39 is 15.9 Å². The Morgan fingerprint density at radius 3 is 2.41 bits per heavy atom. The number of benzene rings is 1. The van der Waals surface area contributed by atoms with Crippen molar-refractivity contribution < 1.29 is 17.9 Å². The summed E-state index contributed by atoms with van der Waals surface area (Å²) in [5, 5.41) is -0.330. The van der Waals surface area contributed by atoms with Crippen LogP contribution in [0.25, 0.3) is 11.3 Å². The van der Waals surface area contributed by atoms with E-state index in [2.05, 4.69) is 62.2 Å². The van der Waals surface area contributed by atoms with E-state index in [9.17, 15) is 13.2 Å². The molecule has 0 saturated carbocycles. The molecule has 9 nitrogen and oxygen atoms in total. The van der Waals surface area contributed by atoms with E-state index in [1.54, 1.807) is 12.1 Å². The predicted molar refractivity (Wildman–Crippen MR) is 163 cm³/mol. The molecule has 10 heteroatoms. The lowest BCUT2D eigenvalue weighted by molar-refractivity contribution is 0.0981. The molecule has 0 unspecified atom stereocenters. The van der Waals surface area contributed by atoms with E-state index in [-0.39, 0.29) is 33.5 Å². The standard InChI is InChI=1S/C31H41N5O4S/c1-19(2)40-23-15-21(14-22(16-23)30(4,5)6)25-13-12-24(28(33-25)36-18-20(3)17-31(36,7)8)29(37)35-41(38,39)27-11-9-10-26(32)34-27/h9-16,19-20H,17-18H2,1-8H3,(H2,32,34)(H,35,37)/t20-/m0/s1. The van der Waals surface area contributed by atoms with Crippen LogP contribution in [-0.2, 0) is 15.4 Å². The Bertz CT molecular complexity index is 1560. The zero-order valence-electron chi connectivity index (χ0n) is 25.1. The second-order valence-electron chi connectivity index (χ2n) is 12.8. The number of hydrogen-bond acceptors (Lipinski definition) is 8. The van der Waals surface area contributed by atoms with E-state index in [0.29, 0.717) is 24.0 Å². The van der Waals surface area contributed by atoms with Gasteiger partial charge >= 0.3 is 0 Å². The summed E-state index contributed by atoms with van der Waals surface area (Å²) in [7, 11) is -4.26. The monoisotopic (exact) mass is 579 g/mol. The van der Waals surface area contributed by atoms with E-state index >= 15 is 0 Å². The lowest BCUT2D eigenvalue weighted by atomic mass is 9.85. The number of carbonyl (C=O) groups is 1. The van der Waals surface area contributed by atoms with Gasteiger partial charge in [-0.25, -0.2) is 14.7 Å². The van der Waals surface area contributed by atoms with Crippen LogP contribution < -0.4 is 20.1 Å². The van der Waals surface area contributed by atoms with Crippen LogP contribution in [-0.4, -0.2) is 42.5 Å². The zero-order chi connectivity index (χ0) is 30.3. The Morgan fingerprint density at radius 2 is 1.83 bits per heavy atom. The van der Waals surface area contributed by atoms with Gasteiger partial charge in [-0.2, -0.15) is 8.42 Å². The number of pyridine rings is 2. The average Bonchev–Trinajstić information content (AvgIpc) is 3.13. The van der Waals surface area contributed by atoms with Crippen LogP contribution in [0, 0.1) is 5.92 Å². The first-order valence-corrected chi connectivity index (χ1v) is 15.4. The van der Waals surface area contributed by atoms with Gasteiger partial charge in [0.25, 0.3) is 15.9 Å². The fourth-order valence-electron chi connectivity index (χ4n) is 5.28. The number of carbonyl (C=O) groups excluding carboxylic acids is 1. The summed E-state index contributed by atoms with van der Waals surface area (Å²) < 4.78 is 34.3. The number of hydrogen-bond donors (Lipinski definition) is 2. The van der Waals surface area contributed by atoms with Gasteiger partial charge in [0, 0.05) is 17.6 Å². The van der Waals surface area contributed by atoms with Gasteiger partial charge in [0.05, 0.1) is 17.4 Å². The van der Waals surface area contributed by atoms with Crippen molar-refractivity contribution in [1.82, 2.24) is 14.7 Å². The second kappa shape index (κ2) is 11.0. The summed E-state index contributed by atoms with van der Waals surface area (Å²) >= 11 is 0. The molecule has 1 aliphatic heterocycles. The molecule has 1 atom stereocenters. The van der Waals surface area contributed by atoms with Crippen molar-refractivity contribution in [3.8, 4) is 17.0 Å². The normalized spacial score (nSPS) is 17.1. The van der Waals surface area contributed by atoms with Gasteiger partial charge in [-0.05, 0) is 93.5 Å². The van der Waals surface area contributed by atoms with Crippen LogP contribution in [0.3, 0.4) is 0 Å². The Morgan fingerprint density at radius 1 is 1.12 bits per heavy atom. The molecule has 1 aromatic carbocycles. The molecule has 3 aromatic rings. The first-order valence-electron chi connectivity index (χ1n) is 13.9. The Labute approximate surface area is 243 Å². The summed E-state index contributed by atoms with van der Waals surface area (Å²) in [6.07, 6.45) is 0.896. The van der Waals surface area contributed by atoms with Crippen molar-refractivity contribution in [2.45, 2.75) is 83.9 Å². The number of rotatable bonds is 7. The minimum Gasteiger partial charge on any atom is -0.491 e. The van der Waals surface area contributed by atoms with Crippen molar-refractivity contribution in [3.63, 3.8) is 0 Å². The van der Waals surface area contributed by atoms with Crippen molar-refractivity contribution in [2.75, 3.05) is 17.2 Å². The molecule has 1 aliphatic rings. The molecule has 4 rings (SSSR count). The first kappa shape index (κ1) is 30.3. The smallest absolute Gasteiger partial charge is 0.281 e. The molecule has 3 N–H and O–H groups in total. The third-order valence-electron chi connectivity index (χ3n) is 7.14. The van der Waals surface area contributed by atoms with Gasteiger partial charge in [-0.3, -0.25) is 4.79 Å². The Balaban J connectivity index is 1.83. The number of aromatic nitrogens is 2. The van der Waals surface area contributed by atoms with Crippen molar-refractivity contribution >= 4 is 27.6 Å². The van der Waals surface area contributed by atoms with Crippen LogP contribution in [0.4, 0.5) is 11.6 Å². The molecular formula is C31H41N5O4S. The Kier molecular flexibility index (Phi) is 8.10. The van der Waals surface area contributed by atoms with Gasteiger partial charge in [0.1, 0.15) is 17.4 Å². The maximum atomic E-state index is 13.6. The van der Waals surface area contributed by atoms with Gasteiger partial charge in [-0.15, -0.1) is 0 Å². The highest BCUT2D eigenvalue weighted by molar-refractivity contribution is 7.90. The zero-order valence-corrected chi connectivity index (χ0v) is 26.0. The van der Waals surface area contributed by atoms with Crippen molar-refractivity contribution in [2.24, 2.45) is 5.92 Å². The molecule has 0 spiro atoms. The van der Waals surface area contributed by atoms with E-state index in [1.807, 2.05) is 26.0 Å². The van der Waals surface area contributed by atoms with Crippen LogP contribution in [0.1, 0.15) is 77.7 Å². The predicted octanol–water partition coefficient (Wildman–Crippen LogP) is 5.55. The summed E-state index contributed by atoms with van der Waals surface area (Å²) in [6, 6.07) is 13.7. The van der Waals surface area contributed by atoms with Crippen molar-refractivity contribution in [1.29, 1.82) is 0 Å². The minimum absolute atomic E-state index is 0.00375. The fourth-order valence-corrected chi connectivity index (χ4v) is 6.22. The topological polar surface area (TPSA) is 128 Å². The molecule has 0 radical (unpaired) electrons. The number of anilines is 2. The van der Waals surface area contributed by atoms with Gasteiger partial charge in [0.15, 0.2) is 5.03 Å². The largest absolute Gasteiger partial charge is 0.491 e. The number of amides is 1. The number of nitrogens with two attached hydrogens (primary N) is 1. The van der Waals surface area contributed by atoms with E-state index in [1.165, 1.54) is 18.2 Å². The highest BCUT2D eigenvalue weighted by Crippen LogP contribution is 2.39. The summed E-state index contributed by atoms with van der Waals surface area (Å²) in [6.45, 7) is 17.4. The maximum absolute atomic E-state index is 13.6. The molecule has 0 bridgehead atoms. The maximum Gasteiger partial charge on any atom is 0.281 e. The average molecular weight is 580 g/mol. The van der Waals surface area contributed by atoms with Crippen LogP contribution in [0.5, 0.6) is 5.75 Å². The van der Waals surface area contributed by atoms with Crippen LogP contribution in [0.2, 0.25) is 0 Å². The number of nitrogens with zero attached hydrogens (tertiary/aromatic N) is 3. The fraction of sp³-hybridized carbons (Fsp3) is 0.452. The highest BCUT2D eigenvalue weighted by atomic mass is 32.2. The van der Waals surface area contributed by atoms with Gasteiger partial charge in [0.2, 0.25) is 0 Å². The number of nitrogen functional groups attached to an aromatic ring is 1.